The fourth-order valence-electron chi connectivity index (χ4n) is 4.22. The van der Waals surface area contributed by atoms with E-state index in [-0.39, 0.29) is 25.1 Å². The first kappa shape index (κ1) is 22.3. The lowest BCUT2D eigenvalue weighted by Crippen LogP contribution is -2.31. The maximum Gasteiger partial charge on any atom is 0.326 e. The van der Waals surface area contributed by atoms with E-state index in [0.29, 0.717) is 41.4 Å². The number of aliphatic hydroxyl groups excluding tert-OH is 2. The largest absolute Gasteiger partial charge is 0.456 e. The third-order valence-corrected chi connectivity index (χ3v) is 6.94. The number of ether oxygens (including phenoxy) is 1. The van der Waals surface area contributed by atoms with Gasteiger partial charge in [0.2, 0.25) is 0 Å². The summed E-state index contributed by atoms with van der Waals surface area (Å²) in [6.07, 6.45) is 1.77. The van der Waals surface area contributed by atoms with Gasteiger partial charge < -0.3 is 25.2 Å². The number of nitrogens with one attached hydrogen (secondary N) is 1. The maximum atomic E-state index is 12.8. The van der Waals surface area contributed by atoms with E-state index < -0.39 is 6.10 Å². The van der Waals surface area contributed by atoms with E-state index in [1.165, 1.54) is 11.3 Å². The van der Waals surface area contributed by atoms with Gasteiger partial charge in [0.25, 0.3) is 5.91 Å². The van der Waals surface area contributed by atoms with Gasteiger partial charge in [0.1, 0.15) is 11.5 Å². The molecule has 0 spiro atoms. The van der Waals surface area contributed by atoms with Crippen LogP contribution in [0.3, 0.4) is 0 Å². The zero-order valence-electron chi connectivity index (χ0n) is 18.5. The van der Waals surface area contributed by atoms with Crippen LogP contribution in [0.25, 0.3) is 21.1 Å². The van der Waals surface area contributed by atoms with Crippen molar-refractivity contribution >= 4 is 44.4 Å². The summed E-state index contributed by atoms with van der Waals surface area (Å²) in [6.45, 7) is 2.79. The standard InChI is InChI=1S/C24H24N4O5S/c1-14-10-15-11-17(2-3-19(15)28(14)24(32)26-7-9-29)33-20-4-6-25-18-12-21(34-22(18)20)23(31)27-8-5-16(30)13-27/h2-4,6,10-12,16,29-30H,5,7-9,13H2,1H3,(H,26,32)/t16-/m0/s1. The molecule has 176 valence electrons. The Labute approximate surface area is 199 Å². The summed E-state index contributed by atoms with van der Waals surface area (Å²) in [5.41, 5.74) is 2.17. The zero-order chi connectivity index (χ0) is 23.8. The molecule has 0 unspecified atom stereocenters. The minimum absolute atomic E-state index is 0.108. The van der Waals surface area contributed by atoms with Crippen LogP contribution in [0.15, 0.2) is 42.6 Å². The molecule has 4 heterocycles. The number of aromatic nitrogens is 2. The molecule has 0 aliphatic carbocycles. The van der Waals surface area contributed by atoms with Gasteiger partial charge in [-0.05, 0) is 43.7 Å². The van der Waals surface area contributed by atoms with Crippen molar-refractivity contribution in [3.05, 3.63) is 53.2 Å². The molecule has 1 fully saturated rings. The third kappa shape index (κ3) is 4.11. The number of hydrogen-bond acceptors (Lipinski definition) is 7. The molecule has 2 amide bonds. The number of hydrogen-bond donors (Lipinski definition) is 3. The molecular formula is C24H24N4O5S. The molecule has 3 aromatic heterocycles. The summed E-state index contributed by atoms with van der Waals surface area (Å²) in [7, 11) is 0. The minimum Gasteiger partial charge on any atom is -0.456 e. The van der Waals surface area contributed by atoms with Gasteiger partial charge in [-0.25, -0.2) is 4.79 Å². The number of aliphatic hydroxyl groups is 2. The summed E-state index contributed by atoms with van der Waals surface area (Å²) in [6, 6.07) is 10.6. The molecule has 1 aliphatic heterocycles. The zero-order valence-corrected chi connectivity index (χ0v) is 19.3. The monoisotopic (exact) mass is 480 g/mol. The highest BCUT2D eigenvalue weighted by atomic mass is 32.1. The first-order valence-corrected chi connectivity index (χ1v) is 11.8. The molecule has 1 aromatic carbocycles. The SMILES string of the molecule is Cc1cc2cc(Oc3ccnc4cc(C(=O)N5CC[C@H](O)C5)sc34)ccc2n1C(=O)NCCO. The van der Waals surface area contributed by atoms with Crippen LogP contribution in [-0.2, 0) is 0 Å². The van der Waals surface area contributed by atoms with Crippen molar-refractivity contribution < 1.29 is 24.5 Å². The van der Waals surface area contributed by atoms with Crippen LogP contribution in [0, 0.1) is 6.92 Å². The smallest absolute Gasteiger partial charge is 0.326 e. The molecule has 0 saturated carbocycles. The second kappa shape index (κ2) is 9.05. The van der Waals surface area contributed by atoms with E-state index in [4.69, 9.17) is 9.84 Å². The van der Waals surface area contributed by atoms with Gasteiger partial charge in [0, 0.05) is 43.0 Å². The minimum atomic E-state index is -0.468. The van der Waals surface area contributed by atoms with Gasteiger partial charge in [-0.1, -0.05) is 0 Å². The number of rotatable bonds is 5. The first-order valence-electron chi connectivity index (χ1n) is 11.0. The summed E-state index contributed by atoms with van der Waals surface area (Å²) in [5, 5.41) is 22.2. The fraction of sp³-hybridized carbons (Fsp3) is 0.292. The van der Waals surface area contributed by atoms with E-state index in [1.54, 1.807) is 33.9 Å². The number of β-amino-alcohol motifs (C(OH)–C–C–N with tert-alkyl or cyclic N) is 1. The van der Waals surface area contributed by atoms with Crippen molar-refractivity contribution in [2.24, 2.45) is 0 Å². The summed E-state index contributed by atoms with van der Waals surface area (Å²) in [5.74, 6) is 1.08. The molecule has 5 rings (SSSR count). The Bertz CT molecular complexity index is 1400. The Morgan fingerprint density at radius 1 is 1.26 bits per heavy atom. The highest BCUT2D eigenvalue weighted by Gasteiger charge is 2.27. The Hall–Kier alpha value is -3.47. The molecule has 4 aromatic rings. The van der Waals surface area contributed by atoms with Crippen LogP contribution in [0.2, 0.25) is 0 Å². The van der Waals surface area contributed by atoms with Crippen molar-refractivity contribution in [1.82, 2.24) is 19.8 Å². The number of nitrogens with zero attached hydrogens (tertiary/aromatic N) is 3. The predicted molar refractivity (Wildman–Crippen MR) is 129 cm³/mol. The first-order chi connectivity index (χ1) is 16.4. The second-order valence-corrected chi connectivity index (χ2v) is 9.28. The maximum absolute atomic E-state index is 12.8. The van der Waals surface area contributed by atoms with Gasteiger partial charge in [-0.15, -0.1) is 11.3 Å². The Kier molecular flexibility index (Phi) is 5.94. The number of pyridine rings is 1. The number of thiophene rings is 1. The normalized spacial score (nSPS) is 15.9. The summed E-state index contributed by atoms with van der Waals surface area (Å²) < 4.78 is 8.50. The fourth-order valence-corrected chi connectivity index (χ4v) is 5.25. The number of carbonyl (C=O) groups is 2. The molecule has 1 saturated heterocycles. The van der Waals surface area contributed by atoms with Gasteiger partial charge in [0.15, 0.2) is 0 Å². The summed E-state index contributed by atoms with van der Waals surface area (Å²) >= 11 is 1.32. The van der Waals surface area contributed by atoms with E-state index in [1.807, 2.05) is 25.1 Å². The Morgan fingerprint density at radius 2 is 2.12 bits per heavy atom. The molecule has 34 heavy (non-hydrogen) atoms. The lowest BCUT2D eigenvalue weighted by atomic mass is 10.2. The van der Waals surface area contributed by atoms with E-state index in [9.17, 15) is 14.7 Å². The Balaban J connectivity index is 1.42. The predicted octanol–water partition coefficient (Wildman–Crippen LogP) is 3.11. The van der Waals surface area contributed by atoms with Crippen molar-refractivity contribution in [1.29, 1.82) is 0 Å². The van der Waals surface area contributed by atoms with Gasteiger partial charge in [0.05, 0.1) is 33.3 Å². The van der Waals surface area contributed by atoms with Gasteiger partial charge in [-0.2, -0.15) is 0 Å². The van der Waals surface area contributed by atoms with E-state index in [2.05, 4.69) is 10.3 Å². The molecule has 1 atom stereocenters. The lowest BCUT2D eigenvalue weighted by molar-refractivity contribution is 0.0769. The van der Waals surface area contributed by atoms with Crippen molar-refractivity contribution in [3.8, 4) is 11.5 Å². The topological polar surface area (TPSA) is 117 Å². The number of likely N-dealkylation sites (tertiary alicyclic amines) is 1. The van der Waals surface area contributed by atoms with Crippen LogP contribution < -0.4 is 10.1 Å². The van der Waals surface area contributed by atoms with E-state index >= 15 is 0 Å². The van der Waals surface area contributed by atoms with Crippen LogP contribution in [-0.4, -0.2) is 68.9 Å². The number of benzene rings is 1. The van der Waals surface area contributed by atoms with Gasteiger partial charge in [-0.3, -0.25) is 14.3 Å². The number of carbonyl (C=O) groups excluding carboxylic acids is 2. The quantitative estimate of drug-likeness (QED) is 0.404. The van der Waals surface area contributed by atoms with Crippen molar-refractivity contribution in [3.63, 3.8) is 0 Å². The molecule has 0 bridgehead atoms. The number of amides is 2. The number of aryl methyl sites for hydroxylation is 1. The molecular weight excluding hydrogens is 456 g/mol. The number of fused-ring (bicyclic) bond motifs is 2. The Morgan fingerprint density at radius 3 is 2.88 bits per heavy atom. The molecule has 3 N–H and O–H groups in total. The van der Waals surface area contributed by atoms with Gasteiger partial charge >= 0.3 is 6.03 Å². The molecule has 10 heteroatoms. The van der Waals surface area contributed by atoms with E-state index in [0.717, 1.165) is 21.3 Å². The lowest BCUT2D eigenvalue weighted by Gasteiger charge is -2.13. The second-order valence-electron chi connectivity index (χ2n) is 8.23. The highest BCUT2D eigenvalue weighted by molar-refractivity contribution is 7.21. The molecule has 0 radical (unpaired) electrons. The van der Waals surface area contributed by atoms with Crippen LogP contribution in [0.5, 0.6) is 11.5 Å². The molecule has 9 nitrogen and oxygen atoms in total. The van der Waals surface area contributed by atoms with Crippen LogP contribution >= 0.6 is 11.3 Å². The highest BCUT2D eigenvalue weighted by Crippen LogP contribution is 2.36. The van der Waals surface area contributed by atoms with Crippen molar-refractivity contribution in [2.45, 2.75) is 19.4 Å². The van der Waals surface area contributed by atoms with Crippen molar-refractivity contribution in [2.75, 3.05) is 26.2 Å². The summed E-state index contributed by atoms with van der Waals surface area (Å²) in [4.78, 5) is 31.9. The molecule has 1 aliphatic rings. The van der Waals surface area contributed by atoms with Crippen LogP contribution in [0.4, 0.5) is 4.79 Å². The average Bonchev–Trinajstić information content (AvgIpc) is 3.53. The third-order valence-electron chi connectivity index (χ3n) is 5.81. The van der Waals surface area contributed by atoms with Crippen LogP contribution in [0.1, 0.15) is 21.8 Å². The average molecular weight is 481 g/mol.